The van der Waals surface area contributed by atoms with E-state index in [0.717, 1.165) is 32.0 Å². The lowest BCUT2D eigenvalue weighted by molar-refractivity contribution is -0.150. The summed E-state index contributed by atoms with van der Waals surface area (Å²) in [5, 5.41) is 0. The summed E-state index contributed by atoms with van der Waals surface area (Å²) < 4.78 is 5.06. The highest BCUT2D eigenvalue weighted by atomic mass is 16.5. The van der Waals surface area contributed by atoms with Crippen LogP contribution in [0.5, 0.6) is 0 Å². The Morgan fingerprint density at radius 2 is 1.93 bits per heavy atom. The molecule has 1 aliphatic heterocycles. The van der Waals surface area contributed by atoms with Crippen molar-refractivity contribution in [2.45, 2.75) is 45.1 Å². The van der Waals surface area contributed by atoms with E-state index in [1.54, 1.807) is 0 Å². The summed E-state index contributed by atoms with van der Waals surface area (Å²) in [5.41, 5.74) is 0. The Morgan fingerprint density at radius 3 is 2.40 bits per heavy atom. The number of nitrogens with zero attached hydrogens (tertiary/aromatic N) is 1. The zero-order valence-corrected chi connectivity index (χ0v) is 9.58. The molecule has 0 aromatic heterocycles. The van der Waals surface area contributed by atoms with Crippen LogP contribution in [-0.4, -0.2) is 36.6 Å². The van der Waals surface area contributed by atoms with Crippen molar-refractivity contribution in [2.75, 3.05) is 19.7 Å². The van der Waals surface area contributed by atoms with Crippen LogP contribution >= 0.6 is 0 Å². The normalized spacial score (nSPS) is 24.9. The molecule has 0 aromatic carbocycles. The quantitative estimate of drug-likeness (QED) is 0.667. The first-order valence-electron chi connectivity index (χ1n) is 6.22. The van der Waals surface area contributed by atoms with Crippen molar-refractivity contribution in [1.82, 2.24) is 4.90 Å². The van der Waals surface area contributed by atoms with Gasteiger partial charge in [0.05, 0.1) is 12.5 Å². The van der Waals surface area contributed by atoms with Crippen molar-refractivity contribution in [2.24, 2.45) is 5.92 Å². The molecular weight excluding hydrogens is 190 g/mol. The number of hydrogen-bond acceptors (Lipinski definition) is 3. The lowest BCUT2D eigenvalue weighted by Crippen LogP contribution is -2.46. The predicted molar refractivity (Wildman–Crippen MR) is 58.6 cm³/mol. The fourth-order valence-corrected chi connectivity index (χ4v) is 2.51. The Bertz CT molecular complexity index is 218. The van der Waals surface area contributed by atoms with Gasteiger partial charge in [0.2, 0.25) is 0 Å². The maximum atomic E-state index is 11.5. The summed E-state index contributed by atoms with van der Waals surface area (Å²) in [7, 11) is 0. The number of piperidine rings is 1. The minimum atomic E-state index is 0.0192. The molecule has 86 valence electrons. The number of esters is 1. The van der Waals surface area contributed by atoms with E-state index >= 15 is 0 Å². The van der Waals surface area contributed by atoms with Crippen molar-refractivity contribution >= 4 is 5.97 Å². The van der Waals surface area contributed by atoms with Gasteiger partial charge in [0, 0.05) is 6.04 Å². The zero-order valence-electron chi connectivity index (χ0n) is 9.58. The number of carbonyl (C=O) groups is 1. The van der Waals surface area contributed by atoms with E-state index in [-0.39, 0.29) is 11.9 Å². The van der Waals surface area contributed by atoms with Gasteiger partial charge in [0.15, 0.2) is 0 Å². The van der Waals surface area contributed by atoms with E-state index < -0.39 is 0 Å². The molecule has 0 amide bonds. The third kappa shape index (κ3) is 2.51. The molecule has 2 rings (SSSR count). The number of carbonyl (C=O) groups excluding carboxylic acids is 1. The van der Waals surface area contributed by atoms with Gasteiger partial charge in [-0.3, -0.25) is 4.79 Å². The molecule has 0 radical (unpaired) electrons. The molecule has 0 aromatic rings. The summed E-state index contributed by atoms with van der Waals surface area (Å²) in [6, 6.07) is 0.827. The molecule has 1 aliphatic carbocycles. The molecule has 15 heavy (non-hydrogen) atoms. The standard InChI is InChI=1S/C12H21NO2/c1-2-15-12(14)10-6-8-13(9-7-10)11-4-3-5-11/h10-11H,2-9H2,1H3. The SMILES string of the molecule is CCOC(=O)C1CCN(C2CCC2)CC1. The number of likely N-dealkylation sites (tertiary alicyclic amines) is 1. The summed E-state index contributed by atoms with van der Waals surface area (Å²) in [6.07, 6.45) is 6.11. The fraction of sp³-hybridized carbons (Fsp3) is 0.917. The largest absolute Gasteiger partial charge is 0.466 e. The van der Waals surface area contributed by atoms with E-state index in [1.165, 1.54) is 19.3 Å². The molecule has 0 N–H and O–H groups in total. The van der Waals surface area contributed by atoms with Crippen LogP contribution in [0.3, 0.4) is 0 Å². The Kier molecular flexibility index (Phi) is 3.62. The van der Waals surface area contributed by atoms with E-state index in [0.29, 0.717) is 6.61 Å². The van der Waals surface area contributed by atoms with Gasteiger partial charge >= 0.3 is 5.97 Å². The first-order valence-corrected chi connectivity index (χ1v) is 6.22. The van der Waals surface area contributed by atoms with E-state index in [4.69, 9.17) is 4.74 Å². The Hall–Kier alpha value is -0.570. The van der Waals surface area contributed by atoms with Gasteiger partial charge in [-0.1, -0.05) is 6.42 Å². The van der Waals surface area contributed by atoms with Crippen LogP contribution in [0.25, 0.3) is 0 Å². The second-order valence-corrected chi connectivity index (χ2v) is 4.65. The Labute approximate surface area is 91.8 Å². The maximum Gasteiger partial charge on any atom is 0.309 e. The van der Waals surface area contributed by atoms with Crippen LogP contribution in [0.2, 0.25) is 0 Å². The lowest BCUT2D eigenvalue weighted by atomic mass is 9.88. The van der Waals surface area contributed by atoms with Crippen LogP contribution in [0.1, 0.15) is 39.0 Å². The highest BCUT2D eigenvalue weighted by molar-refractivity contribution is 5.72. The molecule has 0 bridgehead atoms. The fourth-order valence-electron chi connectivity index (χ4n) is 2.51. The smallest absolute Gasteiger partial charge is 0.309 e. The topological polar surface area (TPSA) is 29.5 Å². The van der Waals surface area contributed by atoms with Gasteiger partial charge < -0.3 is 9.64 Å². The van der Waals surface area contributed by atoms with Gasteiger partial charge in [-0.05, 0) is 45.7 Å². The molecule has 0 spiro atoms. The van der Waals surface area contributed by atoms with Crippen molar-refractivity contribution in [3.05, 3.63) is 0 Å². The zero-order chi connectivity index (χ0) is 10.7. The monoisotopic (exact) mass is 211 g/mol. The highest BCUT2D eigenvalue weighted by Gasteiger charge is 2.31. The minimum absolute atomic E-state index is 0.0192. The van der Waals surface area contributed by atoms with E-state index in [9.17, 15) is 4.79 Å². The number of ether oxygens (including phenoxy) is 1. The van der Waals surface area contributed by atoms with Gasteiger partial charge in [0.25, 0.3) is 0 Å². The maximum absolute atomic E-state index is 11.5. The molecule has 2 fully saturated rings. The van der Waals surface area contributed by atoms with Crippen molar-refractivity contribution < 1.29 is 9.53 Å². The molecule has 3 heteroatoms. The first-order chi connectivity index (χ1) is 7.31. The average Bonchev–Trinajstić information content (AvgIpc) is 2.16. The summed E-state index contributed by atoms with van der Waals surface area (Å²) in [5.74, 6) is 0.187. The van der Waals surface area contributed by atoms with Crippen molar-refractivity contribution in [3.8, 4) is 0 Å². The lowest BCUT2D eigenvalue weighted by Gasteiger charge is -2.41. The number of hydrogen-bond donors (Lipinski definition) is 0. The van der Waals surface area contributed by atoms with Crippen LogP contribution in [-0.2, 0) is 9.53 Å². The molecule has 1 heterocycles. The predicted octanol–water partition coefficient (Wildman–Crippen LogP) is 1.81. The Morgan fingerprint density at radius 1 is 1.27 bits per heavy atom. The highest BCUT2D eigenvalue weighted by Crippen LogP contribution is 2.29. The van der Waals surface area contributed by atoms with E-state index in [2.05, 4.69) is 4.90 Å². The molecule has 1 saturated heterocycles. The molecule has 0 unspecified atom stereocenters. The second-order valence-electron chi connectivity index (χ2n) is 4.65. The third-order valence-electron chi connectivity index (χ3n) is 3.74. The molecule has 1 saturated carbocycles. The van der Waals surface area contributed by atoms with Gasteiger partial charge in [-0.15, -0.1) is 0 Å². The van der Waals surface area contributed by atoms with Crippen molar-refractivity contribution in [1.29, 1.82) is 0 Å². The molecular formula is C12H21NO2. The Balaban J connectivity index is 1.73. The van der Waals surface area contributed by atoms with Crippen LogP contribution < -0.4 is 0 Å². The second kappa shape index (κ2) is 4.97. The van der Waals surface area contributed by atoms with Crippen LogP contribution in [0.4, 0.5) is 0 Å². The van der Waals surface area contributed by atoms with E-state index in [1.807, 2.05) is 6.92 Å². The molecule has 3 nitrogen and oxygen atoms in total. The van der Waals surface area contributed by atoms with Gasteiger partial charge in [-0.2, -0.15) is 0 Å². The van der Waals surface area contributed by atoms with Crippen molar-refractivity contribution in [3.63, 3.8) is 0 Å². The first kappa shape index (κ1) is 10.9. The average molecular weight is 211 g/mol. The summed E-state index contributed by atoms with van der Waals surface area (Å²) in [4.78, 5) is 14.1. The molecule has 0 atom stereocenters. The van der Waals surface area contributed by atoms with Crippen LogP contribution in [0.15, 0.2) is 0 Å². The summed E-state index contributed by atoms with van der Waals surface area (Å²) >= 11 is 0. The third-order valence-corrected chi connectivity index (χ3v) is 3.74. The summed E-state index contributed by atoms with van der Waals surface area (Å²) in [6.45, 7) is 4.57. The van der Waals surface area contributed by atoms with Gasteiger partial charge in [0.1, 0.15) is 0 Å². The molecule has 2 aliphatic rings. The number of rotatable bonds is 3. The van der Waals surface area contributed by atoms with Gasteiger partial charge in [-0.25, -0.2) is 0 Å². The minimum Gasteiger partial charge on any atom is -0.466 e. The van der Waals surface area contributed by atoms with Crippen LogP contribution in [0, 0.1) is 5.92 Å².